The fourth-order valence-corrected chi connectivity index (χ4v) is 2.55. The molecule has 2 rings (SSSR count). The lowest BCUT2D eigenvalue weighted by molar-refractivity contribution is 0.0824. The molecule has 0 saturated heterocycles. The van der Waals surface area contributed by atoms with Crippen LogP contribution in [-0.4, -0.2) is 29.9 Å². The Labute approximate surface area is 116 Å². The van der Waals surface area contributed by atoms with E-state index in [-0.39, 0.29) is 5.91 Å². The maximum absolute atomic E-state index is 12.1. The number of amides is 1. The largest absolute Gasteiger partial charge is 0.399 e. The van der Waals surface area contributed by atoms with Gasteiger partial charge in [-0.1, -0.05) is 11.8 Å². The van der Waals surface area contributed by atoms with Crippen LogP contribution in [0.3, 0.4) is 0 Å². The number of pyridine rings is 1. The Kier molecular flexibility index (Phi) is 4.06. The second-order valence-electron chi connectivity index (χ2n) is 4.24. The van der Waals surface area contributed by atoms with E-state index in [2.05, 4.69) is 4.98 Å². The molecule has 19 heavy (non-hydrogen) atoms. The van der Waals surface area contributed by atoms with Gasteiger partial charge in [0.25, 0.3) is 5.91 Å². The lowest BCUT2D eigenvalue weighted by Crippen LogP contribution is -2.22. The van der Waals surface area contributed by atoms with Crippen LogP contribution in [0.4, 0.5) is 5.69 Å². The Morgan fingerprint density at radius 2 is 1.89 bits per heavy atom. The van der Waals surface area contributed by atoms with Crippen LogP contribution in [0.1, 0.15) is 10.4 Å². The van der Waals surface area contributed by atoms with Crippen molar-refractivity contribution in [1.82, 2.24) is 9.88 Å². The van der Waals surface area contributed by atoms with Crippen molar-refractivity contribution in [1.29, 1.82) is 0 Å². The van der Waals surface area contributed by atoms with Crippen molar-refractivity contribution >= 4 is 23.4 Å². The molecule has 0 saturated carbocycles. The summed E-state index contributed by atoms with van der Waals surface area (Å²) in [5.74, 6) is -0.0310. The summed E-state index contributed by atoms with van der Waals surface area (Å²) in [6.45, 7) is 0. The summed E-state index contributed by atoms with van der Waals surface area (Å²) in [7, 11) is 3.47. The number of hydrogen-bond donors (Lipinski definition) is 1. The molecule has 5 heteroatoms. The van der Waals surface area contributed by atoms with Crippen LogP contribution in [0.15, 0.2) is 52.5 Å². The van der Waals surface area contributed by atoms with E-state index >= 15 is 0 Å². The molecule has 2 N–H and O–H groups in total. The Morgan fingerprint density at radius 1 is 1.21 bits per heavy atom. The third kappa shape index (κ3) is 3.26. The van der Waals surface area contributed by atoms with Gasteiger partial charge in [0, 0.05) is 42.0 Å². The molecule has 1 heterocycles. The third-order valence-corrected chi connectivity index (χ3v) is 3.59. The van der Waals surface area contributed by atoms with Crippen molar-refractivity contribution < 1.29 is 4.79 Å². The number of nitrogens with zero attached hydrogens (tertiary/aromatic N) is 2. The van der Waals surface area contributed by atoms with E-state index < -0.39 is 0 Å². The lowest BCUT2D eigenvalue weighted by atomic mass is 10.2. The number of carbonyl (C=O) groups is 1. The molecule has 1 amide bonds. The van der Waals surface area contributed by atoms with Crippen LogP contribution in [0.2, 0.25) is 0 Å². The van der Waals surface area contributed by atoms with E-state index in [0.717, 1.165) is 9.79 Å². The first-order chi connectivity index (χ1) is 9.08. The van der Waals surface area contributed by atoms with E-state index in [1.54, 1.807) is 43.5 Å². The minimum atomic E-state index is -0.0310. The number of aromatic nitrogens is 1. The van der Waals surface area contributed by atoms with Gasteiger partial charge in [-0.3, -0.25) is 9.78 Å². The molecule has 4 nitrogen and oxygen atoms in total. The normalized spacial score (nSPS) is 10.2. The van der Waals surface area contributed by atoms with Crippen LogP contribution in [0.5, 0.6) is 0 Å². The van der Waals surface area contributed by atoms with Gasteiger partial charge in [-0.2, -0.15) is 0 Å². The van der Waals surface area contributed by atoms with Crippen LogP contribution in [0, 0.1) is 0 Å². The minimum Gasteiger partial charge on any atom is -0.399 e. The first kappa shape index (κ1) is 13.4. The van der Waals surface area contributed by atoms with Gasteiger partial charge < -0.3 is 10.6 Å². The molecule has 0 aliphatic carbocycles. The molecule has 98 valence electrons. The van der Waals surface area contributed by atoms with Crippen molar-refractivity contribution in [3.05, 3.63) is 48.3 Å². The van der Waals surface area contributed by atoms with E-state index in [9.17, 15) is 4.79 Å². The highest BCUT2D eigenvalue weighted by Crippen LogP contribution is 2.32. The van der Waals surface area contributed by atoms with Gasteiger partial charge in [-0.25, -0.2) is 0 Å². The number of rotatable bonds is 3. The molecule has 0 spiro atoms. The van der Waals surface area contributed by atoms with Crippen molar-refractivity contribution in [2.45, 2.75) is 9.79 Å². The molecule has 0 unspecified atom stereocenters. The number of benzene rings is 1. The first-order valence-electron chi connectivity index (χ1n) is 5.77. The first-order valence-corrected chi connectivity index (χ1v) is 6.58. The summed E-state index contributed by atoms with van der Waals surface area (Å²) >= 11 is 1.51. The van der Waals surface area contributed by atoms with Gasteiger partial charge >= 0.3 is 0 Å². The molecule has 1 aromatic heterocycles. The molecule has 0 radical (unpaired) electrons. The van der Waals surface area contributed by atoms with Gasteiger partial charge in [-0.15, -0.1) is 0 Å². The minimum absolute atomic E-state index is 0.0310. The molecule has 0 atom stereocenters. The van der Waals surface area contributed by atoms with E-state index in [1.165, 1.54) is 11.8 Å². The molecule has 0 fully saturated rings. The predicted molar refractivity (Wildman–Crippen MR) is 77.2 cm³/mol. The molecular formula is C14H15N3OS. The summed E-state index contributed by atoms with van der Waals surface area (Å²) in [6.07, 6.45) is 3.45. The fourth-order valence-electron chi connectivity index (χ4n) is 1.57. The van der Waals surface area contributed by atoms with Gasteiger partial charge in [-0.05, 0) is 30.3 Å². The molecule has 0 aliphatic heterocycles. The topological polar surface area (TPSA) is 59.2 Å². The van der Waals surface area contributed by atoms with Crippen molar-refractivity contribution in [2.24, 2.45) is 0 Å². The smallest absolute Gasteiger partial charge is 0.254 e. The van der Waals surface area contributed by atoms with Gasteiger partial charge in [0.15, 0.2) is 0 Å². The lowest BCUT2D eigenvalue weighted by Gasteiger charge is -2.14. The van der Waals surface area contributed by atoms with Crippen LogP contribution < -0.4 is 5.73 Å². The Morgan fingerprint density at radius 3 is 2.53 bits per heavy atom. The average molecular weight is 273 g/mol. The Balaban J connectivity index is 2.38. The van der Waals surface area contributed by atoms with E-state index in [4.69, 9.17) is 5.73 Å². The summed E-state index contributed by atoms with van der Waals surface area (Å²) in [5.41, 5.74) is 7.11. The molecular weight excluding hydrogens is 258 g/mol. The van der Waals surface area contributed by atoms with Gasteiger partial charge in [0.2, 0.25) is 0 Å². The summed E-state index contributed by atoms with van der Waals surface area (Å²) < 4.78 is 0. The zero-order valence-corrected chi connectivity index (χ0v) is 11.6. The van der Waals surface area contributed by atoms with E-state index in [0.29, 0.717) is 11.3 Å². The van der Waals surface area contributed by atoms with Gasteiger partial charge in [0.05, 0.1) is 5.56 Å². The predicted octanol–water partition coefficient (Wildman–Crippen LogP) is 2.52. The Hall–Kier alpha value is -2.01. The highest BCUT2D eigenvalue weighted by molar-refractivity contribution is 7.99. The number of nitrogens with two attached hydrogens (primary N) is 1. The summed E-state index contributed by atoms with van der Waals surface area (Å²) in [5, 5.41) is 0. The molecule has 2 aromatic rings. The number of nitrogen functional groups attached to an aromatic ring is 1. The highest BCUT2D eigenvalue weighted by atomic mass is 32.2. The van der Waals surface area contributed by atoms with Crippen molar-refractivity contribution in [2.75, 3.05) is 19.8 Å². The van der Waals surface area contributed by atoms with Crippen LogP contribution >= 0.6 is 11.8 Å². The molecule has 0 aliphatic rings. The Bertz CT molecular complexity index is 584. The quantitative estimate of drug-likeness (QED) is 0.873. The average Bonchev–Trinajstić information content (AvgIpc) is 2.39. The van der Waals surface area contributed by atoms with Crippen LogP contribution in [-0.2, 0) is 0 Å². The molecule has 1 aromatic carbocycles. The number of carbonyl (C=O) groups excluding carboxylic acids is 1. The SMILES string of the molecule is CN(C)C(=O)c1ccc(N)cc1Sc1ccncc1. The molecule has 0 bridgehead atoms. The maximum Gasteiger partial charge on any atom is 0.254 e. The second-order valence-corrected chi connectivity index (χ2v) is 5.36. The zero-order chi connectivity index (χ0) is 13.8. The number of anilines is 1. The summed E-state index contributed by atoms with van der Waals surface area (Å²) in [6, 6.07) is 9.13. The third-order valence-electron chi connectivity index (χ3n) is 2.52. The van der Waals surface area contributed by atoms with Gasteiger partial charge in [0.1, 0.15) is 0 Å². The maximum atomic E-state index is 12.1. The monoisotopic (exact) mass is 273 g/mol. The number of hydrogen-bond acceptors (Lipinski definition) is 4. The standard InChI is InChI=1S/C14H15N3OS/c1-17(2)14(18)12-4-3-10(15)9-13(12)19-11-5-7-16-8-6-11/h3-9H,15H2,1-2H3. The van der Waals surface area contributed by atoms with Crippen LogP contribution in [0.25, 0.3) is 0 Å². The van der Waals surface area contributed by atoms with Crippen molar-refractivity contribution in [3.8, 4) is 0 Å². The summed E-state index contributed by atoms with van der Waals surface area (Å²) in [4.78, 5) is 19.5. The highest BCUT2D eigenvalue weighted by Gasteiger charge is 2.14. The second kappa shape index (κ2) is 5.75. The zero-order valence-electron chi connectivity index (χ0n) is 10.8. The van der Waals surface area contributed by atoms with Crippen molar-refractivity contribution in [3.63, 3.8) is 0 Å². The van der Waals surface area contributed by atoms with E-state index in [1.807, 2.05) is 18.2 Å². The fraction of sp³-hybridized carbons (Fsp3) is 0.143.